The maximum absolute atomic E-state index is 12.0. The Kier molecular flexibility index (Phi) is 4.62. The number of nitrogens with one attached hydrogen (secondary N) is 1. The average Bonchev–Trinajstić information content (AvgIpc) is 2.24. The average molecular weight is 280 g/mol. The van der Waals surface area contributed by atoms with E-state index in [1.165, 1.54) is 12.1 Å². The second-order valence-electron chi connectivity index (χ2n) is 4.18. The monoisotopic (exact) mass is 279 g/mol. The third-order valence-corrected chi connectivity index (χ3v) is 2.56. The highest BCUT2D eigenvalue weighted by molar-refractivity contribution is 6.30. The van der Waals surface area contributed by atoms with Crippen LogP contribution in [-0.2, 0) is 0 Å². The number of benzene rings is 1. The summed E-state index contributed by atoms with van der Waals surface area (Å²) in [5.41, 5.74) is 0.848. The topological polar surface area (TPSA) is 29.1 Å². The predicted molar refractivity (Wildman–Crippen MR) is 63.9 cm³/mol. The molecular formula is C12H13ClF3NO. The number of halogens is 4. The van der Waals surface area contributed by atoms with Crippen molar-refractivity contribution in [1.82, 2.24) is 5.32 Å². The molecule has 0 aliphatic heterocycles. The molecule has 18 heavy (non-hydrogen) atoms. The van der Waals surface area contributed by atoms with Crippen LogP contribution in [0.25, 0.3) is 0 Å². The zero-order chi connectivity index (χ0) is 13.9. The van der Waals surface area contributed by atoms with E-state index < -0.39 is 18.6 Å². The van der Waals surface area contributed by atoms with Gasteiger partial charge in [0.2, 0.25) is 0 Å². The van der Waals surface area contributed by atoms with E-state index in [1.807, 2.05) is 19.2 Å². The van der Waals surface area contributed by atoms with E-state index in [0.717, 1.165) is 0 Å². The van der Waals surface area contributed by atoms with Gasteiger partial charge in [0.05, 0.1) is 0 Å². The molecule has 2 nitrogen and oxygen atoms in total. The molecule has 0 saturated carbocycles. The zero-order valence-corrected chi connectivity index (χ0v) is 10.7. The highest BCUT2D eigenvalue weighted by atomic mass is 35.5. The first-order chi connectivity index (χ1) is 8.20. The Balaban J connectivity index is 2.92. The number of alkyl halides is 3. The van der Waals surface area contributed by atoms with Crippen molar-refractivity contribution < 1.29 is 18.0 Å². The molecule has 0 aliphatic carbocycles. The fourth-order valence-corrected chi connectivity index (χ4v) is 1.67. The number of carbonyl (C=O) groups excluding carboxylic acids is 1. The lowest BCUT2D eigenvalue weighted by atomic mass is 9.97. The van der Waals surface area contributed by atoms with Crippen LogP contribution < -0.4 is 5.32 Å². The highest BCUT2D eigenvalue weighted by Crippen LogP contribution is 2.23. The SMILES string of the molecule is CC(C)c1cc(Cl)ccc1C(=O)NCC(F)(F)F. The van der Waals surface area contributed by atoms with Crippen LogP contribution >= 0.6 is 11.6 Å². The molecule has 1 aromatic rings. The summed E-state index contributed by atoms with van der Waals surface area (Å²) in [5, 5.41) is 2.30. The van der Waals surface area contributed by atoms with Crippen LogP contribution in [0.4, 0.5) is 13.2 Å². The van der Waals surface area contributed by atoms with Crippen molar-refractivity contribution in [2.24, 2.45) is 0 Å². The van der Waals surface area contributed by atoms with Crippen LogP contribution in [0.15, 0.2) is 18.2 Å². The summed E-state index contributed by atoms with van der Waals surface area (Å²) in [6, 6.07) is 4.51. The highest BCUT2D eigenvalue weighted by Gasteiger charge is 2.28. The number of rotatable bonds is 3. The second-order valence-corrected chi connectivity index (χ2v) is 4.62. The first kappa shape index (κ1) is 14.8. The van der Waals surface area contributed by atoms with E-state index in [-0.39, 0.29) is 11.5 Å². The van der Waals surface area contributed by atoms with Crippen LogP contribution in [0.2, 0.25) is 5.02 Å². The van der Waals surface area contributed by atoms with Crippen molar-refractivity contribution >= 4 is 17.5 Å². The second kappa shape index (κ2) is 5.61. The third-order valence-electron chi connectivity index (χ3n) is 2.33. The summed E-state index contributed by atoms with van der Waals surface area (Å²) in [6.07, 6.45) is -4.42. The van der Waals surface area contributed by atoms with E-state index in [9.17, 15) is 18.0 Å². The normalized spacial score (nSPS) is 11.7. The maximum atomic E-state index is 12.0. The lowest BCUT2D eigenvalue weighted by Gasteiger charge is -2.14. The van der Waals surface area contributed by atoms with Crippen LogP contribution in [0.3, 0.4) is 0 Å². The minimum absolute atomic E-state index is 0.00432. The molecular weight excluding hydrogens is 267 g/mol. The van der Waals surface area contributed by atoms with Gasteiger partial charge in [0.1, 0.15) is 6.54 Å². The molecule has 0 spiro atoms. The van der Waals surface area contributed by atoms with Crippen molar-refractivity contribution in [1.29, 1.82) is 0 Å². The van der Waals surface area contributed by atoms with Gasteiger partial charge >= 0.3 is 6.18 Å². The molecule has 0 radical (unpaired) electrons. The van der Waals surface area contributed by atoms with Crippen molar-refractivity contribution in [2.45, 2.75) is 25.9 Å². The lowest BCUT2D eigenvalue weighted by Crippen LogP contribution is -2.34. The molecule has 100 valence electrons. The smallest absolute Gasteiger partial charge is 0.343 e. The van der Waals surface area contributed by atoms with Gasteiger partial charge in [-0.3, -0.25) is 4.79 Å². The van der Waals surface area contributed by atoms with E-state index in [4.69, 9.17) is 11.6 Å². The van der Waals surface area contributed by atoms with Gasteiger partial charge in [-0.2, -0.15) is 13.2 Å². The summed E-state index contributed by atoms with van der Waals surface area (Å²) in [6.45, 7) is 2.34. The quantitative estimate of drug-likeness (QED) is 0.897. The summed E-state index contributed by atoms with van der Waals surface area (Å²) < 4.78 is 36.1. The van der Waals surface area contributed by atoms with Crippen LogP contribution in [-0.4, -0.2) is 18.6 Å². The molecule has 0 atom stereocenters. The molecule has 1 rings (SSSR count). The van der Waals surface area contributed by atoms with Crippen molar-refractivity contribution in [3.63, 3.8) is 0 Å². The van der Waals surface area contributed by atoms with Crippen LogP contribution in [0, 0.1) is 0 Å². The zero-order valence-electron chi connectivity index (χ0n) is 9.94. The first-order valence-corrected chi connectivity index (χ1v) is 5.73. The third kappa shape index (κ3) is 4.22. The Morgan fingerprint density at radius 1 is 1.39 bits per heavy atom. The van der Waals surface area contributed by atoms with Crippen molar-refractivity contribution in [3.8, 4) is 0 Å². The minimum Gasteiger partial charge on any atom is -0.343 e. The van der Waals surface area contributed by atoms with E-state index >= 15 is 0 Å². The van der Waals surface area contributed by atoms with E-state index in [2.05, 4.69) is 0 Å². The van der Waals surface area contributed by atoms with Gasteiger partial charge < -0.3 is 5.32 Å². The standard InChI is InChI=1S/C12H13ClF3NO/c1-7(2)10-5-8(13)3-4-9(10)11(18)17-6-12(14,15)16/h3-5,7H,6H2,1-2H3,(H,17,18). The van der Waals surface area contributed by atoms with E-state index in [1.54, 1.807) is 6.07 Å². The number of carbonyl (C=O) groups is 1. The lowest BCUT2D eigenvalue weighted by molar-refractivity contribution is -0.123. The molecule has 1 N–H and O–H groups in total. The fourth-order valence-electron chi connectivity index (χ4n) is 1.49. The number of hydrogen-bond donors (Lipinski definition) is 1. The Morgan fingerprint density at radius 3 is 2.50 bits per heavy atom. The summed E-state index contributed by atoms with van der Waals surface area (Å²) in [7, 11) is 0. The molecule has 1 amide bonds. The Hall–Kier alpha value is -1.23. The van der Waals surface area contributed by atoms with Crippen molar-refractivity contribution in [3.05, 3.63) is 34.3 Å². The number of hydrogen-bond acceptors (Lipinski definition) is 1. The van der Waals surface area contributed by atoms with Crippen LogP contribution in [0.1, 0.15) is 35.7 Å². The summed E-state index contributed by atoms with van der Waals surface area (Å²) in [4.78, 5) is 11.7. The maximum Gasteiger partial charge on any atom is 0.405 e. The predicted octanol–water partition coefficient (Wildman–Crippen LogP) is 3.76. The summed E-state index contributed by atoms with van der Waals surface area (Å²) in [5.74, 6) is -0.747. The largest absolute Gasteiger partial charge is 0.405 e. The van der Waals surface area contributed by atoms with Gasteiger partial charge in [-0.05, 0) is 29.7 Å². The van der Waals surface area contributed by atoms with E-state index in [0.29, 0.717) is 10.6 Å². The van der Waals surface area contributed by atoms with Gasteiger partial charge in [0.15, 0.2) is 0 Å². The first-order valence-electron chi connectivity index (χ1n) is 5.35. The summed E-state index contributed by atoms with van der Waals surface area (Å²) >= 11 is 5.80. The molecule has 0 fully saturated rings. The van der Waals surface area contributed by atoms with Gasteiger partial charge in [-0.1, -0.05) is 25.4 Å². The molecule has 0 unspecified atom stereocenters. The van der Waals surface area contributed by atoms with Crippen molar-refractivity contribution in [2.75, 3.05) is 6.54 Å². The molecule has 1 aromatic carbocycles. The Labute approximate surface area is 108 Å². The molecule has 0 saturated heterocycles. The van der Waals surface area contributed by atoms with Gasteiger partial charge in [-0.15, -0.1) is 0 Å². The van der Waals surface area contributed by atoms with Crippen LogP contribution in [0.5, 0.6) is 0 Å². The van der Waals surface area contributed by atoms with Gasteiger partial charge in [0.25, 0.3) is 5.91 Å². The van der Waals surface area contributed by atoms with Gasteiger partial charge in [-0.25, -0.2) is 0 Å². The fraction of sp³-hybridized carbons (Fsp3) is 0.417. The minimum atomic E-state index is -4.42. The Morgan fingerprint density at radius 2 is 2.00 bits per heavy atom. The molecule has 0 aromatic heterocycles. The van der Waals surface area contributed by atoms with Gasteiger partial charge in [0, 0.05) is 10.6 Å². The molecule has 6 heteroatoms. The number of amides is 1. The molecule has 0 bridgehead atoms. The molecule has 0 heterocycles. The molecule has 0 aliphatic rings. The Bertz CT molecular complexity index is 443.